The van der Waals surface area contributed by atoms with Gasteiger partial charge >= 0.3 is 12.4 Å². The van der Waals surface area contributed by atoms with Gasteiger partial charge in [0, 0.05) is 37.0 Å². The number of hydrogen-bond donors (Lipinski definition) is 4. The van der Waals surface area contributed by atoms with Crippen LogP contribution < -0.4 is 21.7 Å². The second-order valence-corrected chi connectivity index (χ2v) is 11.7. The Labute approximate surface area is 256 Å². The number of aromatic amines is 1. The van der Waals surface area contributed by atoms with Crippen molar-refractivity contribution in [3.8, 4) is 0 Å². The minimum Gasteiger partial charge on any atom is -0.355 e. The normalized spacial score (nSPS) is 18.4. The Morgan fingerprint density at radius 1 is 0.733 bits per heavy atom. The minimum absolute atomic E-state index is 0.297. The number of H-pyrrole nitrogens is 1. The first-order valence-electron chi connectivity index (χ1n) is 14.8. The van der Waals surface area contributed by atoms with Crippen LogP contribution >= 0.6 is 0 Å². The molecule has 0 spiro atoms. The van der Waals surface area contributed by atoms with Crippen LogP contribution in [-0.4, -0.2) is 59.2 Å². The van der Waals surface area contributed by atoms with Crippen LogP contribution in [0.4, 0.5) is 32.2 Å². The molecule has 242 valence electrons. The molecule has 0 bridgehead atoms. The van der Waals surface area contributed by atoms with Crippen LogP contribution in [0.3, 0.4) is 0 Å². The molecule has 2 saturated heterocycles. The third-order valence-corrected chi connectivity index (χ3v) is 9.17. The molecule has 0 unspecified atom stereocenters. The Balaban J connectivity index is 0.000000194. The van der Waals surface area contributed by atoms with Crippen LogP contribution in [0.15, 0.2) is 61.2 Å². The van der Waals surface area contributed by atoms with E-state index in [1.165, 1.54) is 30.6 Å². The Morgan fingerprint density at radius 3 is 1.78 bits per heavy atom. The maximum absolute atomic E-state index is 13.1. The molecule has 4 heterocycles. The number of alkyl halides is 6. The Bertz CT molecular complexity index is 1570. The number of piperidine rings is 2. The number of nitrogens with one attached hydrogen (secondary N) is 2. The van der Waals surface area contributed by atoms with Crippen molar-refractivity contribution in [2.75, 3.05) is 44.2 Å². The zero-order valence-corrected chi connectivity index (χ0v) is 24.6. The van der Waals surface area contributed by atoms with Gasteiger partial charge in [0.05, 0.1) is 17.5 Å². The number of rotatable bonds is 5. The van der Waals surface area contributed by atoms with Gasteiger partial charge < -0.3 is 26.7 Å². The van der Waals surface area contributed by atoms with E-state index < -0.39 is 28.9 Å². The maximum Gasteiger partial charge on any atom is 0.416 e. The fourth-order valence-electron chi connectivity index (χ4n) is 6.32. The van der Waals surface area contributed by atoms with E-state index in [0.29, 0.717) is 55.8 Å². The van der Waals surface area contributed by atoms with Gasteiger partial charge in [0.2, 0.25) is 0 Å². The predicted octanol–water partition coefficient (Wildman–Crippen LogP) is 5.15. The van der Waals surface area contributed by atoms with Crippen LogP contribution in [-0.2, 0) is 23.2 Å². The largest absolute Gasteiger partial charge is 0.416 e. The van der Waals surface area contributed by atoms with Crippen molar-refractivity contribution in [1.29, 1.82) is 0 Å². The summed E-state index contributed by atoms with van der Waals surface area (Å²) >= 11 is 0. The van der Waals surface area contributed by atoms with Crippen molar-refractivity contribution in [1.82, 2.24) is 25.3 Å². The van der Waals surface area contributed by atoms with E-state index in [4.69, 9.17) is 11.5 Å². The van der Waals surface area contributed by atoms with Crippen molar-refractivity contribution >= 4 is 17.0 Å². The highest BCUT2D eigenvalue weighted by molar-refractivity contribution is 5.82. The van der Waals surface area contributed by atoms with Crippen molar-refractivity contribution in [2.45, 2.75) is 48.9 Å². The van der Waals surface area contributed by atoms with Gasteiger partial charge in [0.1, 0.15) is 11.8 Å². The Kier molecular flexibility index (Phi) is 9.38. The molecule has 2 fully saturated rings. The quantitative estimate of drug-likeness (QED) is 0.224. The third kappa shape index (κ3) is 6.92. The fraction of sp³-hybridized carbons (Fsp3) is 0.452. The van der Waals surface area contributed by atoms with Crippen molar-refractivity contribution < 1.29 is 26.3 Å². The van der Waals surface area contributed by atoms with Gasteiger partial charge in [-0.25, -0.2) is 15.0 Å². The highest BCUT2D eigenvalue weighted by Gasteiger charge is 2.39. The fourth-order valence-corrected chi connectivity index (χ4v) is 6.32. The van der Waals surface area contributed by atoms with Crippen LogP contribution in [0, 0.1) is 0 Å². The van der Waals surface area contributed by atoms with Gasteiger partial charge in [0.15, 0.2) is 11.5 Å². The molecule has 8 nitrogen and oxygen atoms in total. The molecular weight excluding hydrogens is 598 g/mol. The first kappa shape index (κ1) is 32.6. The average Bonchev–Trinajstić information content (AvgIpc) is 3.54. The molecule has 14 heteroatoms. The molecule has 0 radical (unpaired) electrons. The molecular formula is C31H36F6N8. The number of nitrogens with two attached hydrogens (primary N) is 2. The van der Waals surface area contributed by atoms with Crippen LogP contribution in [0.2, 0.25) is 0 Å². The highest BCUT2D eigenvalue weighted by atomic mass is 19.4. The third-order valence-electron chi connectivity index (χ3n) is 9.17. The van der Waals surface area contributed by atoms with Gasteiger partial charge in [-0.2, -0.15) is 26.3 Å². The summed E-state index contributed by atoms with van der Waals surface area (Å²) in [5.74, 6) is 0.757. The van der Waals surface area contributed by atoms with E-state index in [9.17, 15) is 26.3 Å². The van der Waals surface area contributed by atoms with Gasteiger partial charge in [0.25, 0.3) is 0 Å². The Morgan fingerprint density at radius 2 is 1.27 bits per heavy atom. The van der Waals surface area contributed by atoms with Crippen molar-refractivity contribution in [3.63, 3.8) is 0 Å². The van der Waals surface area contributed by atoms with Gasteiger partial charge in [-0.3, -0.25) is 0 Å². The van der Waals surface area contributed by atoms with Gasteiger partial charge in [-0.1, -0.05) is 36.4 Å². The number of imidazole rings is 1. The molecule has 0 atom stereocenters. The summed E-state index contributed by atoms with van der Waals surface area (Å²) in [6.07, 6.45) is -2.77. The molecule has 4 aromatic rings. The van der Waals surface area contributed by atoms with Gasteiger partial charge in [-0.05, 0) is 62.0 Å². The van der Waals surface area contributed by atoms with Crippen LogP contribution in [0.25, 0.3) is 11.2 Å². The second kappa shape index (κ2) is 12.9. The molecule has 2 aromatic heterocycles. The number of anilines is 1. The summed E-state index contributed by atoms with van der Waals surface area (Å²) in [5, 5.41) is 3.21. The lowest BCUT2D eigenvalue weighted by Crippen LogP contribution is -2.47. The second-order valence-electron chi connectivity index (χ2n) is 11.7. The molecule has 45 heavy (non-hydrogen) atoms. The van der Waals surface area contributed by atoms with Crippen LogP contribution in [0.1, 0.15) is 47.9 Å². The SMILES string of the molecule is NCC1(c2cccc(C(F)(F)F)c2)CCN(c2ncnc3nc[nH]c23)CC1.NCC1(c2cccc(C(F)(F)F)c2)CCNCC1. The lowest BCUT2D eigenvalue weighted by atomic mass is 9.72. The van der Waals surface area contributed by atoms with Crippen LogP contribution in [0.5, 0.6) is 0 Å². The summed E-state index contributed by atoms with van der Waals surface area (Å²) in [6.45, 7) is 3.55. The number of benzene rings is 2. The monoisotopic (exact) mass is 634 g/mol. The predicted molar refractivity (Wildman–Crippen MR) is 160 cm³/mol. The number of halogens is 6. The van der Waals surface area contributed by atoms with E-state index in [-0.39, 0.29) is 5.41 Å². The van der Waals surface area contributed by atoms with E-state index >= 15 is 0 Å². The summed E-state index contributed by atoms with van der Waals surface area (Å²) in [4.78, 5) is 17.8. The van der Waals surface area contributed by atoms with E-state index in [1.807, 2.05) is 0 Å². The molecule has 0 amide bonds. The number of fused-ring (bicyclic) bond motifs is 1. The summed E-state index contributed by atoms with van der Waals surface area (Å²) < 4.78 is 77.5. The summed E-state index contributed by atoms with van der Waals surface area (Å²) in [6, 6.07) is 11.1. The maximum atomic E-state index is 13.1. The number of nitrogens with zero attached hydrogens (tertiary/aromatic N) is 4. The standard InChI is InChI=1S/C18H19F3N6.C13H17F3N2/c19-18(20,21)13-3-1-2-12(8-13)17(9-22)4-6-27(7-5-17)16-14-15(24-10-23-14)25-11-26-16;14-13(15,16)11-3-1-2-10(8-11)12(9-17)4-6-18-7-5-12/h1-3,8,10-11H,4-7,9,22H2,(H,23,24,25,26);1-3,8,18H,4-7,9,17H2. The lowest BCUT2D eigenvalue weighted by Gasteiger charge is -2.42. The van der Waals surface area contributed by atoms with Gasteiger partial charge in [-0.15, -0.1) is 0 Å². The molecule has 2 aliphatic heterocycles. The Hall–Kier alpha value is -3.75. The minimum atomic E-state index is -4.36. The van der Waals surface area contributed by atoms with Crippen molar-refractivity contribution in [3.05, 3.63) is 83.4 Å². The van der Waals surface area contributed by atoms with E-state index in [2.05, 4.69) is 30.2 Å². The molecule has 6 rings (SSSR count). The molecule has 0 saturated carbocycles. The molecule has 6 N–H and O–H groups in total. The summed E-state index contributed by atoms with van der Waals surface area (Å²) in [7, 11) is 0. The first-order valence-corrected chi connectivity index (χ1v) is 14.8. The molecule has 0 aliphatic carbocycles. The van der Waals surface area contributed by atoms with Crippen molar-refractivity contribution in [2.24, 2.45) is 11.5 Å². The highest BCUT2D eigenvalue weighted by Crippen LogP contribution is 2.40. The first-order chi connectivity index (χ1) is 21.4. The number of hydrogen-bond acceptors (Lipinski definition) is 7. The average molecular weight is 635 g/mol. The topological polar surface area (TPSA) is 122 Å². The molecule has 2 aliphatic rings. The number of aromatic nitrogens is 4. The zero-order chi connectivity index (χ0) is 32.3. The lowest BCUT2D eigenvalue weighted by molar-refractivity contribution is -0.138. The smallest absolute Gasteiger partial charge is 0.355 e. The summed E-state index contributed by atoms with van der Waals surface area (Å²) in [5.41, 5.74) is 12.6. The van der Waals surface area contributed by atoms with E-state index in [1.54, 1.807) is 18.5 Å². The molecule has 2 aromatic carbocycles. The van der Waals surface area contributed by atoms with E-state index in [0.717, 1.165) is 49.4 Å². The zero-order valence-electron chi connectivity index (χ0n) is 24.6.